The molecule has 0 unspecified atom stereocenters. The molecule has 0 saturated carbocycles. The van der Waals surface area contributed by atoms with Crippen LogP contribution in [0.15, 0.2) is 11.0 Å². The normalized spacial score (nSPS) is 9.67. The number of aromatic amines is 1. The third-order valence-corrected chi connectivity index (χ3v) is 1.70. The molecular weight excluding hydrogens is 198 g/mol. The number of carbonyl (C=O) groups excluding carboxylic acids is 2. The van der Waals surface area contributed by atoms with Crippen molar-refractivity contribution in [3.05, 3.63) is 22.1 Å². The lowest BCUT2D eigenvalue weighted by Crippen LogP contribution is -2.18. The average Bonchev–Trinajstić information content (AvgIpc) is 2.15. The molecule has 1 aromatic rings. The van der Waals surface area contributed by atoms with E-state index >= 15 is 0 Å². The Labute approximate surface area is 85.7 Å². The van der Waals surface area contributed by atoms with E-state index in [-0.39, 0.29) is 23.8 Å². The summed E-state index contributed by atoms with van der Waals surface area (Å²) in [6.45, 7) is 1.32. The largest absolute Gasteiger partial charge is 0.303 e. The van der Waals surface area contributed by atoms with E-state index in [0.717, 1.165) is 6.29 Å². The van der Waals surface area contributed by atoms with Crippen molar-refractivity contribution in [2.45, 2.75) is 19.8 Å². The van der Waals surface area contributed by atoms with Crippen LogP contribution in [0.1, 0.15) is 18.9 Å². The van der Waals surface area contributed by atoms with E-state index in [9.17, 15) is 14.4 Å². The molecule has 0 aliphatic carbocycles. The smallest absolute Gasteiger partial charge is 0.255 e. The Morgan fingerprint density at radius 2 is 2.40 bits per heavy atom. The predicted molar refractivity (Wildman–Crippen MR) is 53.5 cm³/mol. The van der Waals surface area contributed by atoms with Crippen molar-refractivity contribution in [2.24, 2.45) is 0 Å². The highest BCUT2D eigenvalue weighted by molar-refractivity contribution is 5.86. The molecule has 0 radical (unpaired) electrons. The molecular formula is C9H11N3O3. The Morgan fingerprint density at radius 3 is 2.93 bits per heavy atom. The quantitative estimate of drug-likeness (QED) is 0.675. The highest BCUT2D eigenvalue weighted by atomic mass is 16.2. The summed E-state index contributed by atoms with van der Waals surface area (Å²) in [6.07, 6.45) is 2.73. The van der Waals surface area contributed by atoms with E-state index < -0.39 is 0 Å². The monoisotopic (exact) mass is 209 g/mol. The summed E-state index contributed by atoms with van der Waals surface area (Å²) in [5, 5.41) is 2.35. The number of carbonyl (C=O) groups is 2. The second-order valence-corrected chi connectivity index (χ2v) is 2.97. The highest BCUT2D eigenvalue weighted by Gasteiger charge is 2.02. The number of amides is 1. The van der Waals surface area contributed by atoms with Crippen LogP contribution in [0.5, 0.6) is 0 Å². The van der Waals surface area contributed by atoms with E-state index in [2.05, 4.69) is 15.3 Å². The maximum Gasteiger partial charge on any atom is 0.255 e. The SMILES string of the molecule is CC(=O)Nc1ncc(CCC=O)c(=O)[nH]1. The first-order chi connectivity index (χ1) is 7.13. The van der Waals surface area contributed by atoms with Gasteiger partial charge in [-0.1, -0.05) is 0 Å². The third-order valence-electron chi connectivity index (χ3n) is 1.70. The van der Waals surface area contributed by atoms with E-state index in [1.54, 1.807) is 0 Å². The molecule has 0 aliphatic rings. The number of nitrogens with zero attached hydrogens (tertiary/aromatic N) is 1. The Morgan fingerprint density at radius 1 is 1.67 bits per heavy atom. The van der Waals surface area contributed by atoms with Gasteiger partial charge in [0.2, 0.25) is 11.9 Å². The Bertz CT molecular complexity index is 425. The van der Waals surface area contributed by atoms with Gasteiger partial charge in [0.05, 0.1) is 0 Å². The topological polar surface area (TPSA) is 91.9 Å². The van der Waals surface area contributed by atoms with Gasteiger partial charge < -0.3 is 4.79 Å². The number of anilines is 1. The van der Waals surface area contributed by atoms with Crippen LogP contribution in [-0.2, 0) is 16.0 Å². The molecule has 6 heteroatoms. The molecule has 6 nitrogen and oxygen atoms in total. The van der Waals surface area contributed by atoms with Crippen molar-refractivity contribution >= 4 is 18.1 Å². The van der Waals surface area contributed by atoms with Crippen LogP contribution in [0.2, 0.25) is 0 Å². The second kappa shape index (κ2) is 5.04. The number of aryl methyl sites for hydroxylation is 1. The van der Waals surface area contributed by atoms with Gasteiger partial charge in [0, 0.05) is 25.1 Å². The van der Waals surface area contributed by atoms with Gasteiger partial charge in [-0.25, -0.2) is 4.98 Å². The first-order valence-electron chi connectivity index (χ1n) is 4.43. The fraction of sp³-hybridized carbons (Fsp3) is 0.333. The van der Waals surface area contributed by atoms with Crippen molar-refractivity contribution in [3.8, 4) is 0 Å². The third kappa shape index (κ3) is 3.34. The average molecular weight is 209 g/mol. The molecule has 0 aromatic carbocycles. The van der Waals surface area contributed by atoms with Crippen molar-refractivity contribution in [2.75, 3.05) is 5.32 Å². The summed E-state index contributed by atoms with van der Waals surface area (Å²) >= 11 is 0. The number of H-pyrrole nitrogens is 1. The fourth-order valence-corrected chi connectivity index (χ4v) is 1.04. The number of hydrogen-bond donors (Lipinski definition) is 2. The minimum absolute atomic E-state index is 0.113. The van der Waals surface area contributed by atoms with E-state index in [4.69, 9.17) is 0 Å². The van der Waals surface area contributed by atoms with Gasteiger partial charge in [-0.05, 0) is 6.42 Å². The molecule has 1 aromatic heterocycles. The molecule has 0 saturated heterocycles. The van der Waals surface area contributed by atoms with Gasteiger partial charge in [0.1, 0.15) is 6.29 Å². The summed E-state index contributed by atoms with van der Waals surface area (Å²) < 4.78 is 0. The minimum Gasteiger partial charge on any atom is -0.303 e. The van der Waals surface area contributed by atoms with Crippen molar-refractivity contribution in [3.63, 3.8) is 0 Å². The van der Waals surface area contributed by atoms with Gasteiger partial charge in [-0.15, -0.1) is 0 Å². The molecule has 15 heavy (non-hydrogen) atoms. The van der Waals surface area contributed by atoms with E-state index in [0.29, 0.717) is 12.0 Å². The molecule has 0 spiro atoms. The van der Waals surface area contributed by atoms with Crippen LogP contribution in [-0.4, -0.2) is 22.2 Å². The summed E-state index contributed by atoms with van der Waals surface area (Å²) in [5.74, 6) is -0.193. The van der Waals surface area contributed by atoms with E-state index in [1.165, 1.54) is 13.1 Å². The fourth-order valence-electron chi connectivity index (χ4n) is 1.04. The molecule has 1 amide bonds. The van der Waals surface area contributed by atoms with Crippen molar-refractivity contribution in [1.82, 2.24) is 9.97 Å². The van der Waals surface area contributed by atoms with Crippen LogP contribution in [0.25, 0.3) is 0 Å². The Hall–Kier alpha value is -1.98. The summed E-state index contributed by atoms with van der Waals surface area (Å²) in [4.78, 5) is 38.4. The summed E-state index contributed by atoms with van der Waals surface area (Å²) in [5.41, 5.74) is 0.0896. The molecule has 0 aliphatic heterocycles. The molecule has 80 valence electrons. The maximum absolute atomic E-state index is 11.4. The lowest BCUT2D eigenvalue weighted by atomic mass is 10.2. The van der Waals surface area contributed by atoms with Crippen LogP contribution in [0, 0.1) is 0 Å². The number of rotatable bonds is 4. The highest BCUT2D eigenvalue weighted by Crippen LogP contribution is 1.97. The van der Waals surface area contributed by atoms with Gasteiger partial charge >= 0.3 is 0 Å². The van der Waals surface area contributed by atoms with Gasteiger partial charge in [0.25, 0.3) is 5.56 Å². The molecule has 0 fully saturated rings. The van der Waals surface area contributed by atoms with Crippen molar-refractivity contribution < 1.29 is 9.59 Å². The first-order valence-corrected chi connectivity index (χ1v) is 4.43. The van der Waals surface area contributed by atoms with Crippen LogP contribution < -0.4 is 10.9 Å². The zero-order valence-electron chi connectivity index (χ0n) is 8.24. The van der Waals surface area contributed by atoms with Gasteiger partial charge in [0.15, 0.2) is 0 Å². The number of aldehydes is 1. The van der Waals surface area contributed by atoms with Crippen LogP contribution >= 0.6 is 0 Å². The van der Waals surface area contributed by atoms with Crippen LogP contribution in [0.3, 0.4) is 0 Å². The van der Waals surface area contributed by atoms with Crippen LogP contribution in [0.4, 0.5) is 5.95 Å². The molecule has 1 heterocycles. The zero-order chi connectivity index (χ0) is 11.3. The number of nitrogens with one attached hydrogen (secondary N) is 2. The lowest BCUT2D eigenvalue weighted by Gasteiger charge is -2.01. The summed E-state index contributed by atoms with van der Waals surface area (Å²) in [6, 6.07) is 0. The number of hydrogen-bond acceptors (Lipinski definition) is 4. The lowest BCUT2D eigenvalue weighted by molar-refractivity contribution is -0.114. The summed E-state index contributed by atoms with van der Waals surface area (Å²) in [7, 11) is 0. The second-order valence-electron chi connectivity index (χ2n) is 2.97. The van der Waals surface area contributed by atoms with Gasteiger partial charge in [-0.3, -0.25) is 19.9 Å². The molecule has 1 rings (SSSR count). The number of aromatic nitrogens is 2. The molecule has 0 bridgehead atoms. The predicted octanol–water partition coefficient (Wildman–Crippen LogP) is -0.140. The first kappa shape index (κ1) is 11.1. The molecule has 2 N–H and O–H groups in total. The van der Waals surface area contributed by atoms with E-state index in [1.807, 2.05) is 0 Å². The Balaban J connectivity index is 2.83. The van der Waals surface area contributed by atoms with Gasteiger partial charge in [-0.2, -0.15) is 0 Å². The van der Waals surface area contributed by atoms with Crippen molar-refractivity contribution in [1.29, 1.82) is 0 Å². The maximum atomic E-state index is 11.4. The standard InChI is InChI=1S/C9H11N3O3/c1-6(14)11-9-10-5-7(3-2-4-13)8(15)12-9/h4-5H,2-3H2,1H3,(H2,10,11,12,14,15). The molecule has 0 atom stereocenters. The minimum atomic E-state index is -0.337. The zero-order valence-corrected chi connectivity index (χ0v) is 8.24. The Kier molecular flexibility index (Phi) is 3.73.